The molecule has 0 aliphatic carbocycles. The van der Waals surface area contributed by atoms with Crippen molar-refractivity contribution in [2.45, 2.75) is 0 Å². The van der Waals surface area contributed by atoms with Crippen molar-refractivity contribution >= 4 is 33.2 Å². The lowest BCUT2D eigenvalue weighted by Gasteiger charge is -1.98. The largest absolute Gasteiger partial charge is 0.496 e. The number of halogens is 1. The molecule has 0 N–H and O–H groups in total. The van der Waals surface area contributed by atoms with Crippen LogP contribution in [0.5, 0.6) is 5.75 Å². The lowest BCUT2D eigenvalue weighted by atomic mass is 10.3. The highest BCUT2D eigenvalue weighted by Gasteiger charge is 2.05. The lowest BCUT2D eigenvalue weighted by molar-refractivity contribution is 0.419. The fourth-order valence-corrected chi connectivity index (χ4v) is 2.14. The predicted octanol–water partition coefficient (Wildman–Crippen LogP) is 2.96. The first kappa shape index (κ1) is 7.83. The molecular formula is C8H6ClNOS. The van der Waals surface area contributed by atoms with E-state index in [-0.39, 0.29) is 0 Å². The second-order valence-electron chi connectivity index (χ2n) is 2.28. The van der Waals surface area contributed by atoms with Gasteiger partial charge in [0.15, 0.2) is 0 Å². The average Bonchev–Trinajstić information content (AvgIpc) is 2.44. The van der Waals surface area contributed by atoms with E-state index in [2.05, 4.69) is 4.98 Å². The minimum Gasteiger partial charge on any atom is -0.496 e. The summed E-state index contributed by atoms with van der Waals surface area (Å²) in [5.74, 6) is 0.822. The quantitative estimate of drug-likeness (QED) is 0.705. The van der Waals surface area contributed by atoms with E-state index in [4.69, 9.17) is 16.3 Å². The molecule has 0 amide bonds. The number of hydrogen-bond acceptors (Lipinski definition) is 3. The Kier molecular flexibility index (Phi) is 1.90. The van der Waals surface area contributed by atoms with Crippen LogP contribution in [0, 0.1) is 0 Å². The van der Waals surface area contributed by atoms with E-state index in [1.807, 2.05) is 12.1 Å². The molecule has 0 saturated heterocycles. The summed E-state index contributed by atoms with van der Waals surface area (Å²) in [6.45, 7) is 0. The molecule has 2 nitrogen and oxygen atoms in total. The second kappa shape index (κ2) is 2.92. The lowest BCUT2D eigenvalue weighted by Crippen LogP contribution is -1.82. The number of rotatable bonds is 1. The molecule has 0 saturated carbocycles. The SMILES string of the molecule is COc1ccnc2sc(Cl)cc12. The normalized spacial score (nSPS) is 10.5. The third-order valence-electron chi connectivity index (χ3n) is 1.59. The average molecular weight is 200 g/mol. The van der Waals surface area contributed by atoms with Crippen molar-refractivity contribution in [3.63, 3.8) is 0 Å². The number of thiophene rings is 1. The molecule has 0 aliphatic heterocycles. The maximum absolute atomic E-state index is 5.83. The molecule has 0 aromatic carbocycles. The molecule has 0 bridgehead atoms. The first-order chi connectivity index (χ1) is 5.81. The number of aromatic nitrogens is 1. The summed E-state index contributed by atoms with van der Waals surface area (Å²) in [6, 6.07) is 3.69. The van der Waals surface area contributed by atoms with E-state index < -0.39 is 0 Å². The van der Waals surface area contributed by atoms with E-state index in [0.29, 0.717) is 0 Å². The van der Waals surface area contributed by atoms with E-state index in [1.165, 1.54) is 11.3 Å². The Bertz CT molecular complexity index is 412. The van der Waals surface area contributed by atoms with Gasteiger partial charge in [-0.25, -0.2) is 4.98 Å². The van der Waals surface area contributed by atoms with Crippen LogP contribution in [0.3, 0.4) is 0 Å². The van der Waals surface area contributed by atoms with Crippen molar-refractivity contribution in [1.82, 2.24) is 4.98 Å². The molecule has 4 heteroatoms. The van der Waals surface area contributed by atoms with Gasteiger partial charge in [0.25, 0.3) is 0 Å². The van der Waals surface area contributed by atoms with Gasteiger partial charge in [-0.15, -0.1) is 11.3 Å². The molecule has 62 valence electrons. The van der Waals surface area contributed by atoms with E-state index in [0.717, 1.165) is 20.3 Å². The van der Waals surface area contributed by atoms with Gasteiger partial charge in [-0.2, -0.15) is 0 Å². The molecule has 12 heavy (non-hydrogen) atoms. The number of fused-ring (bicyclic) bond motifs is 1. The van der Waals surface area contributed by atoms with E-state index >= 15 is 0 Å². The second-order valence-corrected chi connectivity index (χ2v) is 3.94. The third kappa shape index (κ3) is 1.15. The Morgan fingerprint density at radius 3 is 3.17 bits per heavy atom. The Morgan fingerprint density at radius 1 is 1.58 bits per heavy atom. The zero-order valence-electron chi connectivity index (χ0n) is 6.37. The van der Waals surface area contributed by atoms with Crippen molar-refractivity contribution in [1.29, 1.82) is 0 Å². The highest BCUT2D eigenvalue weighted by molar-refractivity contribution is 7.22. The molecule has 2 heterocycles. The van der Waals surface area contributed by atoms with Crippen LogP contribution in [0.1, 0.15) is 0 Å². The van der Waals surface area contributed by atoms with Crippen molar-refractivity contribution < 1.29 is 4.74 Å². The van der Waals surface area contributed by atoms with Gasteiger partial charge in [0, 0.05) is 6.20 Å². The van der Waals surface area contributed by atoms with Crippen LogP contribution in [0.25, 0.3) is 10.2 Å². The van der Waals surface area contributed by atoms with Crippen LogP contribution in [0.4, 0.5) is 0 Å². The van der Waals surface area contributed by atoms with Crippen molar-refractivity contribution in [3.05, 3.63) is 22.7 Å². The fourth-order valence-electron chi connectivity index (χ4n) is 1.06. The van der Waals surface area contributed by atoms with Gasteiger partial charge in [0.2, 0.25) is 0 Å². The minimum atomic E-state index is 0.738. The van der Waals surface area contributed by atoms with Crippen LogP contribution >= 0.6 is 22.9 Å². The maximum atomic E-state index is 5.83. The van der Waals surface area contributed by atoms with Gasteiger partial charge in [-0.1, -0.05) is 11.6 Å². The van der Waals surface area contributed by atoms with Crippen LogP contribution < -0.4 is 4.74 Å². The molecule has 0 radical (unpaired) electrons. The Labute approximate surface area is 78.8 Å². The van der Waals surface area contributed by atoms with Gasteiger partial charge in [-0.3, -0.25) is 0 Å². The summed E-state index contributed by atoms with van der Waals surface area (Å²) in [6.07, 6.45) is 1.72. The van der Waals surface area contributed by atoms with Crippen LogP contribution in [-0.2, 0) is 0 Å². The zero-order chi connectivity index (χ0) is 8.55. The molecule has 0 atom stereocenters. The van der Waals surface area contributed by atoms with Crippen molar-refractivity contribution in [2.24, 2.45) is 0 Å². The van der Waals surface area contributed by atoms with Crippen molar-refractivity contribution in [2.75, 3.05) is 7.11 Å². The zero-order valence-corrected chi connectivity index (χ0v) is 7.95. The van der Waals surface area contributed by atoms with Crippen molar-refractivity contribution in [3.8, 4) is 5.75 Å². The molecular weight excluding hydrogens is 194 g/mol. The minimum absolute atomic E-state index is 0.738. The van der Waals surface area contributed by atoms with Gasteiger partial charge in [0.05, 0.1) is 16.8 Å². The number of pyridine rings is 1. The Morgan fingerprint density at radius 2 is 2.42 bits per heavy atom. The first-order valence-electron chi connectivity index (χ1n) is 3.39. The standard InChI is InChI=1S/C8H6ClNOS/c1-11-6-2-3-10-8-5(6)4-7(9)12-8/h2-4H,1H3. The highest BCUT2D eigenvalue weighted by Crippen LogP contribution is 2.33. The van der Waals surface area contributed by atoms with Gasteiger partial charge in [0.1, 0.15) is 10.6 Å². The topological polar surface area (TPSA) is 22.1 Å². The molecule has 2 aromatic heterocycles. The summed E-state index contributed by atoms with van der Waals surface area (Å²) in [7, 11) is 1.64. The summed E-state index contributed by atoms with van der Waals surface area (Å²) in [4.78, 5) is 5.08. The number of nitrogens with zero attached hydrogens (tertiary/aromatic N) is 1. The van der Waals surface area contributed by atoms with E-state index in [1.54, 1.807) is 13.3 Å². The molecule has 0 spiro atoms. The predicted molar refractivity (Wildman–Crippen MR) is 51.2 cm³/mol. The van der Waals surface area contributed by atoms with Crippen LogP contribution in [0.15, 0.2) is 18.3 Å². The number of hydrogen-bond donors (Lipinski definition) is 0. The summed E-state index contributed by atoms with van der Waals surface area (Å²) in [5.41, 5.74) is 0. The summed E-state index contributed by atoms with van der Waals surface area (Å²) in [5, 5.41) is 0.981. The molecule has 2 rings (SSSR count). The van der Waals surface area contributed by atoms with Gasteiger partial charge in [-0.05, 0) is 12.1 Å². The maximum Gasteiger partial charge on any atom is 0.130 e. The Hall–Kier alpha value is -0.800. The number of methoxy groups -OCH3 is 1. The molecule has 0 unspecified atom stereocenters. The molecule has 0 fully saturated rings. The summed E-state index contributed by atoms with van der Waals surface area (Å²) < 4.78 is 5.89. The number of ether oxygens (including phenoxy) is 1. The van der Waals surface area contributed by atoms with Gasteiger partial charge >= 0.3 is 0 Å². The summed E-state index contributed by atoms with van der Waals surface area (Å²) >= 11 is 7.29. The van der Waals surface area contributed by atoms with Gasteiger partial charge < -0.3 is 4.74 Å². The third-order valence-corrected chi connectivity index (χ3v) is 2.76. The fraction of sp³-hybridized carbons (Fsp3) is 0.125. The Balaban J connectivity index is 2.78. The first-order valence-corrected chi connectivity index (χ1v) is 4.59. The van der Waals surface area contributed by atoms with E-state index in [9.17, 15) is 0 Å². The smallest absolute Gasteiger partial charge is 0.130 e. The monoisotopic (exact) mass is 199 g/mol. The highest BCUT2D eigenvalue weighted by atomic mass is 35.5. The molecule has 2 aromatic rings. The molecule has 0 aliphatic rings. The van der Waals surface area contributed by atoms with Crippen LogP contribution in [-0.4, -0.2) is 12.1 Å². The van der Waals surface area contributed by atoms with Crippen LogP contribution in [0.2, 0.25) is 4.34 Å².